The fraction of sp³-hybridized carbons (Fsp3) is 0.207. The van der Waals surface area contributed by atoms with Crippen LogP contribution in [0.1, 0.15) is 29.0 Å². The van der Waals surface area contributed by atoms with E-state index in [2.05, 4.69) is 36.5 Å². The molecule has 1 aliphatic rings. The molecular formula is C29H27N3O3. The maximum atomic E-state index is 13.1. The number of likely N-dealkylation sites (tertiary alicyclic amines) is 1. The Morgan fingerprint density at radius 3 is 2.31 bits per heavy atom. The molecule has 1 N–H and O–H groups in total. The molecule has 6 nitrogen and oxygen atoms in total. The van der Waals surface area contributed by atoms with Crippen molar-refractivity contribution >= 4 is 17.6 Å². The van der Waals surface area contributed by atoms with Gasteiger partial charge in [0.2, 0.25) is 5.91 Å². The van der Waals surface area contributed by atoms with Crippen LogP contribution in [-0.2, 0) is 4.79 Å². The molecule has 5 rings (SSSR count). The van der Waals surface area contributed by atoms with E-state index in [-0.39, 0.29) is 17.7 Å². The number of carbonyl (C=O) groups is 2. The number of hydrogen-bond acceptors (Lipinski definition) is 4. The third-order valence-corrected chi connectivity index (χ3v) is 6.42. The van der Waals surface area contributed by atoms with Crippen molar-refractivity contribution in [3.05, 3.63) is 96.4 Å². The lowest BCUT2D eigenvalue weighted by molar-refractivity contribution is -0.121. The number of benzene rings is 2. The number of anilines is 1. The molecular weight excluding hydrogens is 438 g/mol. The molecule has 0 atom stereocenters. The molecule has 2 aromatic carbocycles. The summed E-state index contributed by atoms with van der Waals surface area (Å²) in [6, 6.07) is 25.6. The third kappa shape index (κ3) is 5.17. The van der Waals surface area contributed by atoms with Crippen LogP contribution in [0.2, 0.25) is 0 Å². The molecule has 0 spiro atoms. The zero-order valence-electron chi connectivity index (χ0n) is 19.6. The van der Waals surface area contributed by atoms with Gasteiger partial charge in [0.05, 0.1) is 12.0 Å². The van der Waals surface area contributed by atoms with Gasteiger partial charge in [0.1, 0.15) is 5.82 Å². The summed E-state index contributed by atoms with van der Waals surface area (Å²) in [5.41, 5.74) is 5.04. The van der Waals surface area contributed by atoms with Gasteiger partial charge in [-0.25, -0.2) is 4.98 Å². The average molecular weight is 466 g/mol. The lowest BCUT2D eigenvalue weighted by Gasteiger charge is -2.30. The number of nitrogens with zero attached hydrogens (tertiary/aromatic N) is 2. The normalized spacial score (nSPS) is 14.0. The summed E-state index contributed by atoms with van der Waals surface area (Å²) in [5.74, 6) is 0.483. The Bertz CT molecular complexity index is 1310. The van der Waals surface area contributed by atoms with Crippen molar-refractivity contribution in [2.75, 3.05) is 18.4 Å². The van der Waals surface area contributed by atoms with Crippen molar-refractivity contribution in [2.45, 2.75) is 19.8 Å². The minimum atomic E-state index is -0.180. The van der Waals surface area contributed by atoms with Gasteiger partial charge in [0.25, 0.3) is 5.91 Å². The molecule has 0 bridgehead atoms. The quantitative estimate of drug-likeness (QED) is 0.404. The first-order valence-corrected chi connectivity index (χ1v) is 11.8. The number of aryl methyl sites for hydroxylation is 1. The number of pyridine rings is 1. The van der Waals surface area contributed by atoms with Gasteiger partial charge in [-0.3, -0.25) is 9.59 Å². The molecule has 0 radical (unpaired) electrons. The average Bonchev–Trinajstić information content (AvgIpc) is 3.44. The lowest BCUT2D eigenvalue weighted by Crippen LogP contribution is -2.41. The summed E-state index contributed by atoms with van der Waals surface area (Å²) in [6.07, 6.45) is 2.69. The van der Waals surface area contributed by atoms with Crippen LogP contribution in [0, 0.1) is 12.8 Å². The van der Waals surface area contributed by atoms with Crippen LogP contribution in [0.4, 0.5) is 5.82 Å². The number of hydrogen-bond donors (Lipinski definition) is 1. The van der Waals surface area contributed by atoms with Gasteiger partial charge < -0.3 is 14.6 Å². The summed E-state index contributed by atoms with van der Waals surface area (Å²) >= 11 is 0. The SMILES string of the molecule is Cc1ccc(-c2cc(NC(=O)C3CCN(C(=O)c4ccco4)CC3)nc(-c3ccccc3)c2)cc1. The van der Waals surface area contributed by atoms with Crippen molar-refractivity contribution in [2.24, 2.45) is 5.92 Å². The first-order chi connectivity index (χ1) is 17.1. The molecule has 6 heteroatoms. The molecule has 176 valence electrons. The number of aromatic nitrogens is 1. The summed E-state index contributed by atoms with van der Waals surface area (Å²) in [7, 11) is 0. The maximum Gasteiger partial charge on any atom is 0.289 e. The molecule has 1 aliphatic heterocycles. The van der Waals surface area contributed by atoms with Gasteiger partial charge in [-0.05, 0) is 55.2 Å². The monoisotopic (exact) mass is 465 g/mol. The predicted octanol–water partition coefficient (Wildman–Crippen LogP) is 5.81. The Balaban J connectivity index is 1.33. The molecule has 0 unspecified atom stereocenters. The number of nitrogens with one attached hydrogen (secondary N) is 1. The van der Waals surface area contributed by atoms with Gasteiger partial charge >= 0.3 is 0 Å². The van der Waals surface area contributed by atoms with Crippen molar-refractivity contribution in [1.29, 1.82) is 0 Å². The predicted molar refractivity (Wildman–Crippen MR) is 136 cm³/mol. The highest BCUT2D eigenvalue weighted by Gasteiger charge is 2.29. The van der Waals surface area contributed by atoms with Crippen LogP contribution in [0.3, 0.4) is 0 Å². The minimum absolute atomic E-state index is 0.0670. The van der Waals surface area contributed by atoms with Crippen LogP contribution in [0.25, 0.3) is 22.4 Å². The molecule has 0 aliphatic carbocycles. The number of furan rings is 1. The van der Waals surface area contributed by atoms with Crippen molar-refractivity contribution in [1.82, 2.24) is 9.88 Å². The summed E-state index contributed by atoms with van der Waals surface area (Å²) in [4.78, 5) is 32.1. The van der Waals surface area contributed by atoms with E-state index in [1.807, 2.05) is 42.5 Å². The zero-order chi connectivity index (χ0) is 24.2. The highest BCUT2D eigenvalue weighted by Crippen LogP contribution is 2.29. The Kier molecular flexibility index (Phi) is 6.44. The second-order valence-electron chi connectivity index (χ2n) is 8.89. The first-order valence-electron chi connectivity index (χ1n) is 11.8. The molecule has 2 aromatic heterocycles. The highest BCUT2D eigenvalue weighted by atomic mass is 16.3. The minimum Gasteiger partial charge on any atom is -0.459 e. The van der Waals surface area contributed by atoms with E-state index in [9.17, 15) is 9.59 Å². The maximum absolute atomic E-state index is 13.1. The van der Waals surface area contributed by atoms with Crippen LogP contribution in [-0.4, -0.2) is 34.8 Å². The van der Waals surface area contributed by atoms with E-state index in [4.69, 9.17) is 9.40 Å². The summed E-state index contributed by atoms with van der Waals surface area (Å²) in [6.45, 7) is 3.10. The number of amides is 2. The van der Waals surface area contributed by atoms with Crippen LogP contribution in [0.5, 0.6) is 0 Å². The van der Waals surface area contributed by atoms with E-state index in [0.717, 1.165) is 22.4 Å². The van der Waals surface area contributed by atoms with Crippen LogP contribution < -0.4 is 5.32 Å². The van der Waals surface area contributed by atoms with E-state index in [0.29, 0.717) is 37.5 Å². The molecule has 35 heavy (non-hydrogen) atoms. The molecule has 3 heterocycles. The second-order valence-corrected chi connectivity index (χ2v) is 8.89. The number of carbonyl (C=O) groups excluding carboxylic acids is 2. The van der Waals surface area contributed by atoms with Crippen molar-refractivity contribution < 1.29 is 14.0 Å². The largest absolute Gasteiger partial charge is 0.459 e. The van der Waals surface area contributed by atoms with Crippen molar-refractivity contribution in [3.63, 3.8) is 0 Å². The Labute approximate surface area is 204 Å². The summed E-state index contributed by atoms with van der Waals surface area (Å²) in [5, 5.41) is 3.04. The van der Waals surface area contributed by atoms with Gasteiger partial charge in [0.15, 0.2) is 5.76 Å². The van der Waals surface area contributed by atoms with E-state index >= 15 is 0 Å². The van der Waals surface area contributed by atoms with Crippen LogP contribution >= 0.6 is 0 Å². The molecule has 1 saturated heterocycles. The Morgan fingerprint density at radius 2 is 1.63 bits per heavy atom. The third-order valence-electron chi connectivity index (χ3n) is 6.42. The van der Waals surface area contributed by atoms with Gasteiger partial charge in [-0.2, -0.15) is 0 Å². The molecule has 2 amide bonds. The fourth-order valence-electron chi connectivity index (χ4n) is 4.39. The second kappa shape index (κ2) is 9.97. The van der Waals surface area contributed by atoms with Crippen molar-refractivity contribution in [3.8, 4) is 22.4 Å². The Morgan fingerprint density at radius 1 is 0.886 bits per heavy atom. The number of piperidine rings is 1. The molecule has 4 aromatic rings. The molecule has 1 fully saturated rings. The van der Waals surface area contributed by atoms with E-state index in [1.54, 1.807) is 17.0 Å². The van der Waals surface area contributed by atoms with Gasteiger partial charge in [-0.1, -0.05) is 60.2 Å². The summed E-state index contributed by atoms with van der Waals surface area (Å²) < 4.78 is 5.22. The first kappa shape index (κ1) is 22.6. The smallest absolute Gasteiger partial charge is 0.289 e. The molecule has 0 saturated carbocycles. The van der Waals surface area contributed by atoms with E-state index < -0.39 is 0 Å². The van der Waals surface area contributed by atoms with Gasteiger partial charge in [0, 0.05) is 24.6 Å². The zero-order valence-corrected chi connectivity index (χ0v) is 19.6. The number of rotatable bonds is 5. The van der Waals surface area contributed by atoms with E-state index in [1.165, 1.54) is 11.8 Å². The Hall–Kier alpha value is -4.19. The highest BCUT2D eigenvalue weighted by molar-refractivity contribution is 5.94. The fourth-order valence-corrected chi connectivity index (χ4v) is 4.39. The standard InChI is InChI=1S/C29H27N3O3/c1-20-9-11-21(12-10-20)24-18-25(22-6-3-2-4-7-22)30-27(19-24)31-28(33)23-13-15-32(16-14-23)29(34)26-8-5-17-35-26/h2-12,17-19,23H,13-16H2,1H3,(H,30,31,33). The van der Waals surface area contributed by atoms with Gasteiger partial charge in [-0.15, -0.1) is 0 Å². The lowest BCUT2D eigenvalue weighted by atomic mass is 9.95. The topological polar surface area (TPSA) is 75.4 Å². The van der Waals surface area contributed by atoms with Crippen LogP contribution in [0.15, 0.2) is 89.5 Å².